The fourth-order valence-electron chi connectivity index (χ4n) is 1.00. The van der Waals surface area contributed by atoms with Crippen molar-refractivity contribution in [2.24, 2.45) is 5.92 Å². The Morgan fingerprint density at radius 1 is 1.64 bits per heavy atom. The van der Waals surface area contributed by atoms with E-state index in [9.17, 15) is 9.59 Å². The Morgan fingerprint density at radius 3 is 2.82 bits per heavy atom. The zero-order chi connectivity index (χ0) is 8.27. The minimum Gasteiger partial charge on any atom is -0.393 e. The average molecular weight is 174 g/mol. The van der Waals surface area contributed by atoms with Gasteiger partial charge in [0.2, 0.25) is 0 Å². The number of carbonyl (C=O) groups excluding carboxylic acids is 2. The third-order valence-electron chi connectivity index (χ3n) is 1.63. The lowest BCUT2D eigenvalue weighted by Gasteiger charge is -2.00. The Morgan fingerprint density at radius 2 is 2.36 bits per heavy atom. The molecule has 1 heterocycles. The van der Waals surface area contributed by atoms with Crippen LogP contribution in [0, 0.1) is 5.92 Å². The minimum atomic E-state index is -0.374. The third kappa shape index (κ3) is 2.22. The van der Waals surface area contributed by atoms with E-state index in [2.05, 4.69) is 4.74 Å². The zero-order valence-electron chi connectivity index (χ0n) is 6.33. The first kappa shape index (κ1) is 8.59. The van der Waals surface area contributed by atoms with Crippen molar-refractivity contribution in [1.29, 1.82) is 0 Å². The second-order valence-electron chi connectivity index (χ2n) is 2.48. The summed E-state index contributed by atoms with van der Waals surface area (Å²) in [7, 11) is 0. The monoisotopic (exact) mass is 174 g/mol. The van der Waals surface area contributed by atoms with Crippen molar-refractivity contribution in [3.8, 4) is 0 Å². The Hall–Kier alpha value is -0.510. The van der Waals surface area contributed by atoms with Crippen molar-refractivity contribution in [2.45, 2.75) is 12.8 Å². The van der Waals surface area contributed by atoms with Crippen molar-refractivity contribution >= 4 is 23.7 Å². The molecule has 1 rings (SSSR count). The molecule has 1 aliphatic rings. The van der Waals surface area contributed by atoms with Gasteiger partial charge in [-0.3, -0.25) is 9.59 Å². The van der Waals surface area contributed by atoms with E-state index < -0.39 is 0 Å². The maximum atomic E-state index is 10.8. The minimum absolute atomic E-state index is 0.171. The lowest BCUT2D eigenvalue weighted by Crippen LogP contribution is -2.07. The van der Waals surface area contributed by atoms with Crippen molar-refractivity contribution in [1.82, 2.24) is 0 Å². The molecule has 0 aromatic heterocycles. The summed E-state index contributed by atoms with van der Waals surface area (Å²) in [5.41, 5.74) is 0. The van der Waals surface area contributed by atoms with Crippen molar-refractivity contribution in [3.05, 3.63) is 0 Å². The molecule has 0 spiro atoms. The molecule has 0 aromatic carbocycles. The van der Waals surface area contributed by atoms with E-state index in [0.29, 0.717) is 0 Å². The molecular formula is C7H10O3S. The molecule has 0 bridgehead atoms. The molecule has 0 aromatic rings. The highest BCUT2D eigenvalue weighted by Gasteiger charge is 2.32. The predicted molar refractivity (Wildman–Crippen MR) is 42.2 cm³/mol. The second kappa shape index (κ2) is 3.76. The van der Waals surface area contributed by atoms with Gasteiger partial charge in [-0.25, -0.2) is 0 Å². The molecule has 0 N–H and O–H groups in total. The smallest absolute Gasteiger partial charge is 0.317 e. The SMILES string of the molecule is CSCCC1CC(=O)OC1=O. The molecule has 1 unspecified atom stereocenters. The molecule has 1 atom stereocenters. The highest BCUT2D eigenvalue weighted by molar-refractivity contribution is 7.98. The summed E-state index contributed by atoms with van der Waals surface area (Å²) in [4.78, 5) is 21.4. The lowest BCUT2D eigenvalue weighted by molar-refractivity contribution is -0.153. The summed E-state index contributed by atoms with van der Waals surface area (Å²) in [6, 6.07) is 0. The van der Waals surface area contributed by atoms with Gasteiger partial charge in [-0.15, -0.1) is 0 Å². The highest BCUT2D eigenvalue weighted by Crippen LogP contribution is 2.20. The van der Waals surface area contributed by atoms with Crippen LogP contribution >= 0.6 is 11.8 Å². The van der Waals surface area contributed by atoms with Gasteiger partial charge in [0.25, 0.3) is 0 Å². The summed E-state index contributed by atoms with van der Waals surface area (Å²) < 4.78 is 4.38. The predicted octanol–water partition coefficient (Wildman–Crippen LogP) is 0.829. The molecule has 4 heteroatoms. The van der Waals surface area contributed by atoms with Crippen LogP contribution < -0.4 is 0 Å². The summed E-state index contributed by atoms with van der Waals surface area (Å²) >= 11 is 1.67. The summed E-state index contributed by atoms with van der Waals surface area (Å²) in [5.74, 6) is 0.0210. The van der Waals surface area contributed by atoms with Crippen LogP contribution in [-0.4, -0.2) is 23.9 Å². The standard InChI is InChI=1S/C7H10O3S/c1-11-3-2-5-4-6(8)10-7(5)9/h5H,2-4H2,1H3. The summed E-state index contributed by atoms with van der Waals surface area (Å²) in [6.45, 7) is 0. The van der Waals surface area contributed by atoms with Crippen LogP contribution in [0.25, 0.3) is 0 Å². The van der Waals surface area contributed by atoms with E-state index >= 15 is 0 Å². The molecular weight excluding hydrogens is 164 g/mol. The first-order valence-electron chi connectivity index (χ1n) is 3.47. The Labute approximate surface area is 69.5 Å². The van der Waals surface area contributed by atoms with Gasteiger partial charge in [0.05, 0.1) is 12.3 Å². The van der Waals surface area contributed by atoms with E-state index in [0.717, 1.165) is 12.2 Å². The fourth-order valence-corrected chi connectivity index (χ4v) is 1.52. The van der Waals surface area contributed by atoms with Gasteiger partial charge in [-0.05, 0) is 18.4 Å². The van der Waals surface area contributed by atoms with Gasteiger partial charge >= 0.3 is 11.9 Å². The second-order valence-corrected chi connectivity index (χ2v) is 3.46. The van der Waals surface area contributed by atoms with E-state index in [1.165, 1.54) is 0 Å². The largest absolute Gasteiger partial charge is 0.393 e. The van der Waals surface area contributed by atoms with Crippen LogP contribution in [0.2, 0.25) is 0 Å². The van der Waals surface area contributed by atoms with Crippen molar-refractivity contribution in [3.63, 3.8) is 0 Å². The number of hydrogen-bond acceptors (Lipinski definition) is 4. The molecule has 1 aliphatic heterocycles. The lowest BCUT2D eigenvalue weighted by atomic mass is 10.1. The van der Waals surface area contributed by atoms with Gasteiger partial charge in [-0.1, -0.05) is 0 Å². The van der Waals surface area contributed by atoms with Crippen LogP contribution in [0.3, 0.4) is 0 Å². The first-order chi connectivity index (χ1) is 5.24. The summed E-state index contributed by atoms with van der Waals surface area (Å²) in [5, 5.41) is 0. The maximum Gasteiger partial charge on any atom is 0.317 e. The normalized spacial score (nSPS) is 23.9. The quantitative estimate of drug-likeness (QED) is 0.469. The van der Waals surface area contributed by atoms with Gasteiger partial charge in [-0.2, -0.15) is 11.8 Å². The zero-order valence-corrected chi connectivity index (χ0v) is 7.15. The van der Waals surface area contributed by atoms with E-state index in [1.54, 1.807) is 11.8 Å². The molecule has 0 amide bonds. The number of esters is 2. The van der Waals surface area contributed by atoms with Crippen LogP contribution in [0.15, 0.2) is 0 Å². The van der Waals surface area contributed by atoms with Gasteiger partial charge < -0.3 is 4.74 Å². The van der Waals surface area contributed by atoms with Crippen LogP contribution in [-0.2, 0) is 14.3 Å². The molecule has 11 heavy (non-hydrogen) atoms. The summed E-state index contributed by atoms with van der Waals surface area (Å²) in [6.07, 6.45) is 3.01. The fraction of sp³-hybridized carbons (Fsp3) is 0.714. The number of ether oxygens (including phenoxy) is 1. The van der Waals surface area contributed by atoms with E-state index in [-0.39, 0.29) is 24.3 Å². The Balaban J connectivity index is 2.34. The van der Waals surface area contributed by atoms with E-state index in [1.807, 2.05) is 6.26 Å². The molecule has 0 saturated carbocycles. The maximum absolute atomic E-state index is 10.8. The van der Waals surface area contributed by atoms with Gasteiger partial charge in [0.1, 0.15) is 0 Å². The number of cyclic esters (lactones) is 2. The average Bonchev–Trinajstić information content (AvgIpc) is 2.26. The number of carbonyl (C=O) groups is 2. The van der Waals surface area contributed by atoms with Crippen molar-refractivity contribution < 1.29 is 14.3 Å². The van der Waals surface area contributed by atoms with Gasteiger partial charge in [0, 0.05) is 0 Å². The molecule has 1 fully saturated rings. The number of rotatable bonds is 3. The third-order valence-corrected chi connectivity index (χ3v) is 2.28. The molecule has 0 aliphatic carbocycles. The molecule has 3 nitrogen and oxygen atoms in total. The number of hydrogen-bond donors (Lipinski definition) is 0. The van der Waals surface area contributed by atoms with E-state index in [4.69, 9.17) is 0 Å². The first-order valence-corrected chi connectivity index (χ1v) is 4.87. The molecule has 1 saturated heterocycles. The Bertz CT molecular complexity index is 179. The van der Waals surface area contributed by atoms with Crippen LogP contribution in [0.1, 0.15) is 12.8 Å². The van der Waals surface area contributed by atoms with Crippen molar-refractivity contribution in [2.75, 3.05) is 12.0 Å². The number of thioether (sulfide) groups is 1. The highest BCUT2D eigenvalue weighted by atomic mass is 32.2. The Kier molecular flexibility index (Phi) is 2.93. The van der Waals surface area contributed by atoms with Gasteiger partial charge in [0.15, 0.2) is 0 Å². The molecule has 0 radical (unpaired) electrons. The molecule has 62 valence electrons. The van der Waals surface area contributed by atoms with Crippen LogP contribution in [0.4, 0.5) is 0 Å². The van der Waals surface area contributed by atoms with Crippen LogP contribution in [0.5, 0.6) is 0 Å². The topological polar surface area (TPSA) is 43.4 Å².